The van der Waals surface area contributed by atoms with Gasteiger partial charge in [0.25, 0.3) is 0 Å². The third kappa shape index (κ3) is 4.82. The lowest BCUT2D eigenvalue weighted by atomic mass is 9.66. The number of nitrogens with one attached hydrogen (secondary N) is 2. The Labute approximate surface area is 270 Å². The number of carbonyl (C=O) groups is 3. The minimum absolute atomic E-state index is 0.0333. The summed E-state index contributed by atoms with van der Waals surface area (Å²) < 4.78 is 6.28. The van der Waals surface area contributed by atoms with Crippen LogP contribution in [0.4, 0.5) is 5.69 Å². The summed E-state index contributed by atoms with van der Waals surface area (Å²) in [6, 6.07) is 22.2. The molecule has 0 saturated carbocycles. The molecule has 0 aliphatic carbocycles. The van der Waals surface area contributed by atoms with Crippen LogP contribution in [0.1, 0.15) is 31.9 Å². The van der Waals surface area contributed by atoms with E-state index in [2.05, 4.69) is 27.9 Å². The quantitative estimate of drug-likeness (QED) is 0.239. The number of fused-ring (bicyclic) bond motifs is 2. The van der Waals surface area contributed by atoms with Crippen LogP contribution in [0, 0.1) is 17.8 Å². The number of hydrogen-bond acceptors (Lipinski definition) is 8. The van der Waals surface area contributed by atoms with Gasteiger partial charge in [0.05, 0.1) is 41.4 Å². The molecule has 1 spiro atoms. The first-order valence-electron chi connectivity index (χ1n) is 15.6. The molecule has 46 heavy (non-hydrogen) atoms. The van der Waals surface area contributed by atoms with Crippen LogP contribution < -0.4 is 15.4 Å². The van der Waals surface area contributed by atoms with Crippen molar-refractivity contribution in [2.75, 3.05) is 18.5 Å². The maximum Gasteiger partial charge on any atom is 0.245 e. The number of amides is 3. The van der Waals surface area contributed by atoms with Gasteiger partial charge in [-0.25, -0.2) is 4.68 Å². The summed E-state index contributed by atoms with van der Waals surface area (Å²) in [4.78, 5) is 44.7. The number of anilines is 1. The maximum absolute atomic E-state index is 14.7. The van der Waals surface area contributed by atoms with Crippen molar-refractivity contribution in [3.05, 3.63) is 84.4 Å². The van der Waals surface area contributed by atoms with Crippen molar-refractivity contribution in [3.8, 4) is 5.75 Å². The van der Waals surface area contributed by atoms with E-state index in [0.29, 0.717) is 30.0 Å². The summed E-state index contributed by atoms with van der Waals surface area (Å²) in [7, 11) is 0. The fraction of sp³-hybridized carbons (Fsp3) is 0.382. The number of rotatable bonds is 10. The van der Waals surface area contributed by atoms with E-state index in [1.807, 2.05) is 61.5 Å². The summed E-state index contributed by atoms with van der Waals surface area (Å²) in [6.07, 6.45) is 0.691. The number of ether oxygens (including phenoxy) is 1. The number of hydrogen-bond donors (Lipinski definition) is 3. The standard InChI is InChI=1S/C34H36N6O5S/c1-3-45-23-15-13-22(14-16-23)36-31(42)28-27-17-20(2)34(46-27)29(28)33(44)40(26(18-41)21-9-5-4-6-10-21)30(34)32(43)35-19-39-25-12-8-7-11-24(25)37-38-39/h4-16,20,26-30,41H,3,17-19H2,1-2H3,(H,35,43)(H,36,42)/t20?,26-,27+,28-,29+,30?,34?/m1/s1. The van der Waals surface area contributed by atoms with Gasteiger partial charge < -0.3 is 25.4 Å². The van der Waals surface area contributed by atoms with Gasteiger partial charge >= 0.3 is 0 Å². The van der Waals surface area contributed by atoms with Gasteiger partial charge in [-0.15, -0.1) is 16.9 Å². The lowest BCUT2D eigenvalue weighted by molar-refractivity contribution is -0.142. The number of aliphatic hydroxyl groups excluding tert-OH is 1. The number of para-hydroxylation sites is 1. The largest absolute Gasteiger partial charge is 0.494 e. The molecule has 0 radical (unpaired) electrons. The Morgan fingerprint density at radius 3 is 2.54 bits per heavy atom. The number of likely N-dealkylation sites (tertiary alicyclic amines) is 1. The highest BCUT2D eigenvalue weighted by Gasteiger charge is 2.76. The van der Waals surface area contributed by atoms with Gasteiger partial charge in [-0.2, -0.15) is 0 Å². The summed E-state index contributed by atoms with van der Waals surface area (Å²) in [5, 5.41) is 25.1. The normalized spacial score (nSPS) is 27.1. The maximum atomic E-state index is 14.7. The molecule has 3 aromatic carbocycles. The second-order valence-electron chi connectivity index (χ2n) is 12.1. The van der Waals surface area contributed by atoms with E-state index >= 15 is 0 Å². The van der Waals surface area contributed by atoms with Gasteiger partial charge in [-0.1, -0.05) is 54.6 Å². The van der Waals surface area contributed by atoms with Crippen LogP contribution in [-0.4, -0.2) is 72.0 Å². The zero-order chi connectivity index (χ0) is 32.0. The van der Waals surface area contributed by atoms with Crippen molar-refractivity contribution in [1.82, 2.24) is 25.2 Å². The van der Waals surface area contributed by atoms with Crippen LogP contribution in [-0.2, 0) is 21.1 Å². The number of aliphatic hydroxyl groups is 1. The molecule has 1 aromatic heterocycles. The summed E-state index contributed by atoms with van der Waals surface area (Å²) in [5.74, 6) is -1.60. The Bertz CT molecular complexity index is 1770. The van der Waals surface area contributed by atoms with E-state index in [4.69, 9.17) is 4.74 Å². The molecule has 3 saturated heterocycles. The first-order chi connectivity index (χ1) is 22.4. The van der Waals surface area contributed by atoms with E-state index in [1.54, 1.807) is 45.6 Å². The summed E-state index contributed by atoms with van der Waals surface area (Å²) >= 11 is 1.59. The van der Waals surface area contributed by atoms with E-state index in [0.717, 1.165) is 11.1 Å². The number of benzene rings is 3. The molecule has 3 aliphatic rings. The molecule has 3 aliphatic heterocycles. The van der Waals surface area contributed by atoms with Crippen molar-refractivity contribution < 1.29 is 24.2 Å². The summed E-state index contributed by atoms with van der Waals surface area (Å²) in [5.41, 5.74) is 2.80. The first-order valence-corrected chi connectivity index (χ1v) is 16.5. The van der Waals surface area contributed by atoms with Crippen LogP contribution in [0.2, 0.25) is 0 Å². The molecule has 12 heteroatoms. The van der Waals surface area contributed by atoms with Crippen LogP contribution in [0.25, 0.3) is 11.0 Å². The Balaban J connectivity index is 1.23. The van der Waals surface area contributed by atoms with Crippen LogP contribution >= 0.6 is 11.8 Å². The molecule has 238 valence electrons. The van der Waals surface area contributed by atoms with Crippen molar-refractivity contribution in [2.24, 2.45) is 17.8 Å². The molecule has 11 nitrogen and oxygen atoms in total. The second-order valence-corrected chi connectivity index (χ2v) is 13.7. The van der Waals surface area contributed by atoms with E-state index in [1.165, 1.54) is 0 Å². The minimum Gasteiger partial charge on any atom is -0.494 e. The zero-order valence-electron chi connectivity index (χ0n) is 25.6. The van der Waals surface area contributed by atoms with E-state index in [-0.39, 0.29) is 42.2 Å². The number of carbonyl (C=O) groups excluding carboxylic acids is 3. The van der Waals surface area contributed by atoms with Crippen LogP contribution in [0.5, 0.6) is 5.75 Å². The molecule has 4 aromatic rings. The van der Waals surface area contributed by atoms with Crippen molar-refractivity contribution >= 4 is 46.2 Å². The van der Waals surface area contributed by atoms with Gasteiger partial charge in [0.2, 0.25) is 17.7 Å². The fourth-order valence-corrected chi connectivity index (χ4v) is 10.1. The lowest BCUT2D eigenvalue weighted by Gasteiger charge is -2.40. The monoisotopic (exact) mass is 640 g/mol. The molecule has 3 amide bonds. The second kappa shape index (κ2) is 12.1. The molecule has 4 heterocycles. The molecule has 7 rings (SSSR count). The first kappa shape index (κ1) is 30.2. The highest BCUT2D eigenvalue weighted by molar-refractivity contribution is 8.02. The predicted molar refractivity (Wildman–Crippen MR) is 174 cm³/mol. The van der Waals surface area contributed by atoms with Gasteiger partial charge in [-0.3, -0.25) is 14.4 Å². The number of thioether (sulfide) groups is 1. The molecular formula is C34H36N6O5S. The smallest absolute Gasteiger partial charge is 0.245 e. The van der Waals surface area contributed by atoms with Crippen molar-refractivity contribution in [3.63, 3.8) is 0 Å². The zero-order valence-corrected chi connectivity index (χ0v) is 26.4. The molecule has 7 atom stereocenters. The number of nitrogens with zero attached hydrogens (tertiary/aromatic N) is 4. The predicted octanol–water partition coefficient (Wildman–Crippen LogP) is 3.61. The van der Waals surface area contributed by atoms with Crippen molar-refractivity contribution in [1.29, 1.82) is 0 Å². The molecule has 2 bridgehead atoms. The topological polar surface area (TPSA) is 139 Å². The van der Waals surface area contributed by atoms with Crippen LogP contribution in [0.15, 0.2) is 78.9 Å². The lowest BCUT2D eigenvalue weighted by Crippen LogP contribution is -2.57. The third-order valence-electron chi connectivity index (χ3n) is 9.68. The SMILES string of the molecule is CCOc1ccc(NC(=O)[C@@H]2[C@@H]3CC(C)C4(S3)C(C(=O)NCn3nnc5ccccc53)N([C@H](CO)c3ccccc3)C(=O)[C@H]24)cc1. The van der Waals surface area contributed by atoms with E-state index < -0.39 is 28.7 Å². The highest BCUT2D eigenvalue weighted by Crippen LogP contribution is 2.69. The van der Waals surface area contributed by atoms with Crippen LogP contribution in [0.3, 0.4) is 0 Å². The minimum atomic E-state index is -0.926. The molecule has 3 unspecified atom stereocenters. The van der Waals surface area contributed by atoms with Gasteiger partial charge in [0, 0.05) is 10.9 Å². The Morgan fingerprint density at radius 1 is 1.07 bits per heavy atom. The van der Waals surface area contributed by atoms with Gasteiger partial charge in [-0.05, 0) is 61.2 Å². The average Bonchev–Trinajstić information content (AvgIpc) is 3.79. The highest BCUT2D eigenvalue weighted by atomic mass is 32.2. The van der Waals surface area contributed by atoms with E-state index in [9.17, 15) is 19.5 Å². The average molecular weight is 641 g/mol. The number of aromatic nitrogens is 3. The molecular weight excluding hydrogens is 604 g/mol. The summed E-state index contributed by atoms with van der Waals surface area (Å²) in [6.45, 7) is 4.19. The van der Waals surface area contributed by atoms with Gasteiger partial charge in [0.1, 0.15) is 24.0 Å². The molecule has 3 N–H and O–H groups in total. The third-order valence-corrected chi connectivity index (χ3v) is 11.8. The van der Waals surface area contributed by atoms with Gasteiger partial charge in [0.15, 0.2) is 0 Å². The molecule has 3 fully saturated rings. The van der Waals surface area contributed by atoms with Crippen molar-refractivity contribution in [2.45, 2.75) is 49.0 Å². The Morgan fingerprint density at radius 2 is 1.80 bits per heavy atom. The Hall–Kier alpha value is -4.42. The Kier molecular flexibility index (Phi) is 7.93. The fourth-order valence-electron chi connectivity index (χ4n) is 7.73.